The number of fused-ring (bicyclic) bond motifs is 1. The van der Waals surface area contributed by atoms with Crippen LogP contribution in [0.5, 0.6) is 0 Å². The fourth-order valence-corrected chi connectivity index (χ4v) is 5.75. The van der Waals surface area contributed by atoms with Crippen molar-refractivity contribution in [1.82, 2.24) is 15.1 Å². The number of piperidine rings is 1. The number of hydrogen-bond donors (Lipinski definition) is 1. The summed E-state index contributed by atoms with van der Waals surface area (Å²) in [5.41, 5.74) is 0. The topological polar surface area (TPSA) is 86.8 Å². The molecule has 9 heteroatoms. The Labute approximate surface area is 187 Å². The fraction of sp³-hybridized carbons (Fsp3) is 0.455. The number of nitrogens with zero attached hydrogens (tertiary/aromatic N) is 2. The molecule has 31 heavy (non-hydrogen) atoms. The number of amides is 3. The number of halogens is 1. The summed E-state index contributed by atoms with van der Waals surface area (Å²) in [7, 11) is -3.57. The predicted octanol–water partition coefficient (Wildman–Crippen LogP) is 3.06. The Bertz CT molecular complexity index is 1100. The Morgan fingerprint density at radius 3 is 2.52 bits per heavy atom. The second-order valence-corrected chi connectivity index (χ2v) is 10.7. The minimum atomic E-state index is -3.57. The van der Waals surface area contributed by atoms with Crippen LogP contribution in [-0.2, 0) is 14.6 Å². The van der Waals surface area contributed by atoms with Crippen molar-refractivity contribution in [3.05, 3.63) is 41.4 Å². The second kappa shape index (κ2) is 9.04. The molecule has 2 aliphatic heterocycles. The lowest BCUT2D eigenvalue weighted by Gasteiger charge is -2.40. The van der Waals surface area contributed by atoms with E-state index in [9.17, 15) is 18.0 Å². The molecule has 7 nitrogen and oxygen atoms in total. The molecule has 2 aromatic carbocycles. The average Bonchev–Trinajstić information content (AvgIpc) is 2.77. The van der Waals surface area contributed by atoms with Crippen molar-refractivity contribution in [3.63, 3.8) is 0 Å². The third-order valence-corrected chi connectivity index (χ3v) is 8.04. The van der Waals surface area contributed by atoms with Crippen molar-refractivity contribution in [2.75, 3.05) is 31.9 Å². The summed E-state index contributed by atoms with van der Waals surface area (Å²) < 4.78 is 25.6. The van der Waals surface area contributed by atoms with E-state index in [-0.39, 0.29) is 35.0 Å². The first kappa shape index (κ1) is 21.9. The smallest absolute Gasteiger partial charge is 0.317 e. The molecule has 0 unspecified atom stereocenters. The minimum absolute atomic E-state index is 0.0280. The molecule has 0 radical (unpaired) electrons. The zero-order valence-electron chi connectivity index (χ0n) is 17.2. The number of sulfone groups is 1. The summed E-state index contributed by atoms with van der Waals surface area (Å²) in [5, 5.41) is 5.12. The molecule has 2 aromatic rings. The maximum absolute atomic E-state index is 12.8. The van der Waals surface area contributed by atoms with Gasteiger partial charge in [0.2, 0.25) is 5.91 Å². The first-order valence-corrected chi connectivity index (χ1v) is 12.6. The molecule has 2 heterocycles. The lowest BCUT2D eigenvalue weighted by atomic mass is 10.0. The van der Waals surface area contributed by atoms with Crippen molar-refractivity contribution < 1.29 is 18.0 Å². The average molecular weight is 464 g/mol. The van der Waals surface area contributed by atoms with Gasteiger partial charge >= 0.3 is 6.03 Å². The van der Waals surface area contributed by atoms with Crippen molar-refractivity contribution in [1.29, 1.82) is 0 Å². The number of rotatable bonds is 5. The van der Waals surface area contributed by atoms with Crippen molar-refractivity contribution in [2.24, 2.45) is 0 Å². The number of nitrogens with one attached hydrogen (secondary N) is 1. The summed E-state index contributed by atoms with van der Waals surface area (Å²) in [6.45, 7) is 2.56. The molecule has 0 atom stereocenters. The van der Waals surface area contributed by atoms with Crippen LogP contribution in [-0.4, -0.2) is 68.1 Å². The largest absolute Gasteiger partial charge is 0.343 e. The van der Waals surface area contributed by atoms with Gasteiger partial charge in [-0.1, -0.05) is 23.7 Å². The molecule has 0 bridgehead atoms. The van der Waals surface area contributed by atoms with Crippen LogP contribution in [0.15, 0.2) is 41.3 Å². The summed E-state index contributed by atoms with van der Waals surface area (Å²) >= 11 is 5.98. The molecule has 4 rings (SSSR count). The molecule has 2 aliphatic rings. The van der Waals surface area contributed by atoms with Crippen LogP contribution in [0.3, 0.4) is 0 Å². The van der Waals surface area contributed by atoms with Crippen LogP contribution in [0.2, 0.25) is 5.02 Å². The van der Waals surface area contributed by atoms with Gasteiger partial charge < -0.3 is 15.1 Å². The molecule has 1 N–H and O–H groups in total. The molecule has 3 amide bonds. The molecule has 2 fully saturated rings. The molecule has 2 saturated heterocycles. The van der Waals surface area contributed by atoms with Gasteiger partial charge in [0.15, 0.2) is 9.84 Å². The highest BCUT2D eigenvalue weighted by Gasteiger charge is 2.31. The Balaban J connectivity index is 1.33. The van der Waals surface area contributed by atoms with E-state index in [1.54, 1.807) is 41.3 Å². The Morgan fingerprint density at radius 1 is 1.06 bits per heavy atom. The van der Waals surface area contributed by atoms with E-state index in [4.69, 9.17) is 11.6 Å². The number of benzene rings is 2. The number of urea groups is 1. The lowest BCUT2D eigenvalue weighted by Crippen LogP contribution is -2.54. The van der Waals surface area contributed by atoms with E-state index < -0.39 is 9.84 Å². The zero-order valence-corrected chi connectivity index (χ0v) is 18.8. The molecule has 166 valence electrons. The van der Waals surface area contributed by atoms with Gasteiger partial charge in [-0.2, -0.15) is 0 Å². The highest BCUT2D eigenvalue weighted by Crippen LogP contribution is 2.24. The maximum Gasteiger partial charge on any atom is 0.317 e. The lowest BCUT2D eigenvalue weighted by molar-refractivity contribution is -0.132. The zero-order chi connectivity index (χ0) is 22.0. The molecule has 0 saturated carbocycles. The van der Waals surface area contributed by atoms with Gasteiger partial charge in [-0.25, -0.2) is 13.2 Å². The van der Waals surface area contributed by atoms with Crippen molar-refractivity contribution in [3.8, 4) is 0 Å². The summed E-state index contributed by atoms with van der Waals surface area (Å²) in [5.74, 6) is -0.378. The van der Waals surface area contributed by atoms with Crippen molar-refractivity contribution >= 4 is 44.1 Å². The van der Waals surface area contributed by atoms with Gasteiger partial charge in [0, 0.05) is 43.7 Å². The van der Waals surface area contributed by atoms with Crippen LogP contribution < -0.4 is 5.32 Å². The van der Waals surface area contributed by atoms with Crippen LogP contribution in [0, 0.1) is 0 Å². The van der Waals surface area contributed by atoms with Gasteiger partial charge in [-0.15, -0.1) is 0 Å². The quantitative estimate of drug-likeness (QED) is 0.738. The molecular formula is C22H26ClN3O4S. The molecular weight excluding hydrogens is 438 g/mol. The van der Waals surface area contributed by atoms with Gasteiger partial charge in [0.1, 0.15) is 0 Å². The molecule has 0 spiro atoms. The van der Waals surface area contributed by atoms with E-state index in [0.29, 0.717) is 24.7 Å². The number of hydrogen-bond acceptors (Lipinski definition) is 4. The first-order valence-electron chi connectivity index (χ1n) is 10.6. The van der Waals surface area contributed by atoms with E-state index >= 15 is 0 Å². The summed E-state index contributed by atoms with van der Waals surface area (Å²) in [4.78, 5) is 28.4. The standard InChI is InChI=1S/C22H26ClN3O4S/c23-18-4-2-17-15-20(5-3-16(17)14-18)31(29,30)13-8-21(27)25-11-6-19(7-12-25)26-10-1-9-24-22(26)28/h2-5,14-15,19H,1,6-13H2,(H,24,28). The third-order valence-electron chi connectivity index (χ3n) is 6.09. The normalized spacial score (nSPS) is 18.3. The highest BCUT2D eigenvalue weighted by atomic mass is 35.5. The predicted molar refractivity (Wildman–Crippen MR) is 120 cm³/mol. The SMILES string of the molecule is O=C(CCS(=O)(=O)c1ccc2cc(Cl)ccc2c1)N1CCC(N2CCCNC2=O)CC1. The van der Waals surface area contributed by atoms with E-state index in [0.717, 1.165) is 36.6 Å². The Kier molecular flexibility index (Phi) is 6.39. The van der Waals surface area contributed by atoms with Crippen LogP contribution in [0.4, 0.5) is 4.79 Å². The van der Waals surface area contributed by atoms with Gasteiger partial charge in [-0.3, -0.25) is 4.79 Å². The second-order valence-electron chi connectivity index (χ2n) is 8.11. The summed E-state index contributed by atoms with van der Waals surface area (Å²) in [6, 6.07) is 10.3. The number of carbonyl (C=O) groups is 2. The fourth-order valence-electron chi connectivity index (χ4n) is 4.31. The van der Waals surface area contributed by atoms with Crippen LogP contribution >= 0.6 is 11.6 Å². The maximum atomic E-state index is 12.8. The third kappa shape index (κ3) is 4.96. The van der Waals surface area contributed by atoms with E-state index in [1.807, 2.05) is 4.90 Å². The van der Waals surface area contributed by atoms with Crippen LogP contribution in [0.1, 0.15) is 25.7 Å². The van der Waals surface area contributed by atoms with Crippen LogP contribution in [0.25, 0.3) is 10.8 Å². The highest BCUT2D eigenvalue weighted by molar-refractivity contribution is 7.91. The monoisotopic (exact) mass is 463 g/mol. The Morgan fingerprint density at radius 2 is 1.77 bits per heavy atom. The number of likely N-dealkylation sites (tertiary alicyclic amines) is 1. The molecule has 0 aliphatic carbocycles. The van der Waals surface area contributed by atoms with Crippen molar-refractivity contribution in [2.45, 2.75) is 36.6 Å². The van der Waals surface area contributed by atoms with Gasteiger partial charge in [0.25, 0.3) is 0 Å². The van der Waals surface area contributed by atoms with E-state index in [1.165, 1.54) is 0 Å². The van der Waals surface area contributed by atoms with Gasteiger partial charge in [-0.05, 0) is 54.3 Å². The van der Waals surface area contributed by atoms with Gasteiger partial charge in [0.05, 0.1) is 10.6 Å². The summed E-state index contributed by atoms with van der Waals surface area (Å²) in [6.07, 6.45) is 2.33. The Hall–Kier alpha value is -2.32. The van der Waals surface area contributed by atoms with E-state index in [2.05, 4.69) is 5.32 Å². The number of carbonyl (C=O) groups excluding carboxylic acids is 2. The minimum Gasteiger partial charge on any atom is -0.343 e. The first-order chi connectivity index (χ1) is 14.8. The molecule has 0 aromatic heterocycles.